The van der Waals surface area contributed by atoms with Gasteiger partial charge in [0.15, 0.2) is 0 Å². The fraction of sp³-hybridized carbons (Fsp3) is 0.462. The maximum absolute atomic E-state index is 12.5. The summed E-state index contributed by atoms with van der Waals surface area (Å²) in [6, 6.07) is 6.07. The molecule has 0 bridgehead atoms. The lowest BCUT2D eigenvalue weighted by atomic mass is 9.90. The van der Waals surface area contributed by atoms with Crippen molar-refractivity contribution in [1.29, 1.82) is 5.26 Å². The fourth-order valence-corrected chi connectivity index (χ4v) is 4.15. The number of benzene rings is 1. The van der Waals surface area contributed by atoms with E-state index in [0.29, 0.717) is 19.6 Å². The Morgan fingerprint density at radius 3 is 2.67 bits per heavy atom. The zero-order valence-electron chi connectivity index (χ0n) is 11.5. The maximum Gasteiger partial charge on any atom is 0.243 e. The van der Waals surface area contributed by atoms with E-state index in [4.69, 9.17) is 22.6 Å². The van der Waals surface area contributed by atoms with Crippen molar-refractivity contribution in [1.82, 2.24) is 4.31 Å². The molecule has 0 amide bonds. The molecular weight excluding hydrogens is 333 g/mol. The smallest absolute Gasteiger partial charge is 0.243 e. The second-order valence-electron chi connectivity index (χ2n) is 5.36. The lowest BCUT2D eigenvalue weighted by Crippen LogP contribution is -2.34. The van der Waals surface area contributed by atoms with E-state index in [2.05, 4.69) is 0 Å². The Bertz CT molecular complexity index is 672. The molecule has 1 heterocycles. The summed E-state index contributed by atoms with van der Waals surface area (Å²) in [6.07, 6.45) is 0.743. The van der Waals surface area contributed by atoms with Crippen LogP contribution in [0.15, 0.2) is 23.1 Å². The van der Waals surface area contributed by atoms with Gasteiger partial charge in [-0.2, -0.15) is 9.57 Å². The van der Waals surface area contributed by atoms with E-state index in [1.54, 1.807) is 0 Å². The number of halogens is 2. The van der Waals surface area contributed by atoms with Crippen LogP contribution in [0, 0.1) is 16.7 Å². The van der Waals surface area contributed by atoms with Gasteiger partial charge in [0.05, 0.1) is 15.5 Å². The minimum absolute atomic E-state index is 0. The van der Waals surface area contributed by atoms with Crippen molar-refractivity contribution in [2.75, 3.05) is 19.6 Å². The monoisotopic (exact) mass is 349 g/mol. The van der Waals surface area contributed by atoms with E-state index in [-0.39, 0.29) is 33.3 Å². The number of nitrogens with two attached hydrogens (primary N) is 1. The molecule has 1 fully saturated rings. The van der Waals surface area contributed by atoms with Gasteiger partial charge in [-0.1, -0.05) is 18.5 Å². The van der Waals surface area contributed by atoms with Gasteiger partial charge < -0.3 is 5.73 Å². The van der Waals surface area contributed by atoms with Crippen LogP contribution in [0.5, 0.6) is 0 Å². The summed E-state index contributed by atoms with van der Waals surface area (Å²) >= 11 is 5.90. The molecule has 2 rings (SSSR count). The fourth-order valence-electron chi connectivity index (χ4n) is 2.25. The average molecular weight is 350 g/mol. The summed E-state index contributed by atoms with van der Waals surface area (Å²) in [5.74, 6) is 0. The van der Waals surface area contributed by atoms with Crippen molar-refractivity contribution in [3.63, 3.8) is 0 Å². The Labute approximate surface area is 136 Å². The molecule has 8 heteroatoms. The molecule has 0 spiro atoms. The van der Waals surface area contributed by atoms with E-state index in [9.17, 15) is 8.42 Å². The Balaban J connectivity index is 0.00000220. The first kappa shape index (κ1) is 18.2. The highest BCUT2D eigenvalue weighted by atomic mass is 35.5. The molecule has 1 aromatic rings. The van der Waals surface area contributed by atoms with E-state index in [0.717, 1.165) is 6.42 Å². The Hall–Kier alpha value is -0.840. The van der Waals surface area contributed by atoms with Crippen LogP contribution in [0.3, 0.4) is 0 Å². The quantitative estimate of drug-likeness (QED) is 0.903. The summed E-state index contributed by atoms with van der Waals surface area (Å²) in [5.41, 5.74) is 5.78. The Morgan fingerprint density at radius 1 is 1.52 bits per heavy atom. The lowest BCUT2D eigenvalue weighted by Gasteiger charge is -2.22. The normalized spacial score (nSPS) is 22.6. The summed E-state index contributed by atoms with van der Waals surface area (Å²) in [5, 5.41) is 8.96. The molecule has 0 aromatic heterocycles. The van der Waals surface area contributed by atoms with Gasteiger partial charge in [0, 0.05) is 13.1 Å². The molecule has 5 nitrogen and oxygen atoms in total. The van der Waals surface area contributed by atoms with E-state index >= 15 is 0 Å². The van der Waals surface area contributed by atoms with E-state index < -0.39 is 10.0 Å². The van der Waals surface area contributed by atoms with Gasteiger partial charge >= 0.3 is 0 Å². The number of sulfonamides is 1. The minimum atomic E-state index is -3.58. The molecule has 1 unspecified atom stereocenters. The van der Waals surface area contributed by atoms with Crippen molar-refractivity contribution < 1.29 is 8.42 Å². The highest BCUT2D eigenvalue weighted by Gasteiger charge is 2.39. The van der Waals surface area contributed by atoms with Crippen LogP contribution in [0.1, 0.15) is 18.9 Å². The zero-order valence-corrected chi connectivity index (χ0v) is 13.9. The number of nitrogens with zero attached hydrogens (tertiary/aromatic N) is 2. The van der Waals surface area contributed by atoms with Crippen molar-refractivity contribution in [2.45, 2.75) is 18.2 Å². The highest BCUT2D eigenvalue weighted by Crippen LogP contribution is 2.33. The first-order valence-electron chi connectivity index (χ1n) is 6.22. The SMILES string of the molecule is CC1(CN)CCN(S(=O)(=O)c2ccc(C#N)c(Cl)c2)C1.Cl. The molecule has 116 valence electrons. The predicted molar refractivity (Wildman–Crippen MR) is 84.0 cm³/mol. The summed E-state index contributed by atoms with van der Waals surface area (Å²) < 4.78 is 26.5. The molecule has 0 saturated carbocycles. The number of hydrogen-bond donors (Lipinski definition) is 1. The van der Waals surface area contributed by atoms with Crippen molar-refractivity contribution >= 4 is 34.0 Å². The average Bonchev–Trinajstić information content (AvgIpc) is 2.83. The summed E-state index contributed by atoms with van der Waals surface area (Å²) in [7, 11) is -3.58. The van der Waals surface area contributed by atoms with E-state index in [1.165, 1.54) is 22.5 Å². The molecule has 1 saturated heterocycles. The zero-order chi connectivity index (χ0) is 15.0. The number of hydrogen-bond acceptors (Lipinski definition) is 4. The van der Waals surface area contributed by atoms with Crippen molar-refractivity contribution in [3.8, 4) is 6.07 Å². The lowest BCUT2D eigenvalue weighted by molar-refractivity contribution is 0.349. The third kappa shape index (κ3) is 3.50. The second kappa shape index (κ2) is 6.51. The largest absolute Gasteiger partial charge is 0.330 e. The van der Waals surface area contributed by atoms with Gasteiger partial charge in [-0.05, 0) is 36.6 Å². The molecule has 1 aliphatic heterocycles. The Morgan fingerprint density at radius 2 is 2.19 bits per heavy atom. The molecule has 0 aliphatic carbocycles. The number of rotatable bonds is 3. The van der Waals surface area contributed by atoms with Gasteiger partial charge in [0.2, 0.25) is 10.0 Å². The third-order valence-electron chi connectivity index (χ3n) is 3.71. The Kier molecular flexibility index (Phi) is 5.64. The number of nitriles is 1. The predicted octanol–water partition coefficient (Wildman–Crippen LogP) is 1.99. The standard InChI is InChI=1S/C13H16ClN3O2S.ClH/c1-13(8-16)4-5-17(9-13)20(18,19)11-3-2-10(7-15)12(14)6-11;/h2-3,6H,4-5,8-9,16H2,1H3;1H. The molecule has 0 radical (unpaired) electrons. The third-order valence-corrected chi connectivity index (χ3v) is 5.87. The molecular formula is C13H17Cl2N3O2S. The van der Waals surface area contributed by atoms with Gasteiger partial charge in [-0.3, -0.25) is 0 Å². The van der Waals surface area contributed by atoms with Crippen LogP contribution in [-0.2, 0) is 10.0 Å². The highest BCUT2D eigenvalue weighted by molar-refractivity contribution is 7.89. The van der Waals surface area contributed by atoms with Gasteiger partial charge in [-0.15, -0.1) is 12.4 Å². The van der Waals surface area contributed by atoms with Crippen molar-refractivity contribution in [2.24, 2.45) is 11.1 Å². The second-order valence-corrected chi connectivity index (χ2v) is 7.70. The topological polar surface area (TPSA) is 87.2 Å². The molecule has 1 aliphatic rings. The van der Waals surface area contributed by atoms with Crippen LogP contribution in [0.2, 0.25) is 5.02 Å². The molecule has 1 aromatic carbocycles. The van der Waals surface area contributed by atoms with Crippen LogP contribution in [-0.4, -0.2) is 32.4 Å². The maximum atomic E-state index is 12.5. The first-order chi connectivity index (χ1) is 9.32. The van der Waals surface area contributed by atoms with Crippen LogP contribution >= 0.6 is 24.0 Å². The first-order valence-corrected chi connectivity index (χ1v) is 8.04. The summed E-state index contributed by atoms with van der Waals surface area (Å²) in [6.45, 7) is 3.29. The molecule has 1 atom stereocenters. The van der Waals surface area contributed by atoms with Gasteiger partial charge in [0.25, 0.3) is 0 Å². The molecule has 21 heavy (non-hydrogen) atoms. The van der Waals surface area contributed by atoms with E-state index in [1.807, 2.05) is 13.0 Å². The minimum Gasteiger partial charge on any atom is -0.330 e. The molecule has 2 N–H and O–H groups in total. The summed E-state index contributed by atoms with van der Waals surface area (Å²) in [4.78, 5) is 0.114. The van der Waals surface area contributed by atoms with Crippen LogP contribution < -0.4 is 5.73 Å². The van der Waals surface area contributed by atoms with Gasteiger partial charge in [-0.25, -0.2) is 8.42 Å². The van der Waals surface area contributed by atoms with Crippen LogP contribution in [0.25, 0.3) is 0 Å². The van der Waals surface area contributed by atoms with Gasteiger partial charge in [0.1, 0.15) is 6.07 Å². The van der Waals surface area contributed by atoms with Crippen LogP contribution in [0.4, 0.5) is 0 Å². The van der Waals surface area contributed by atoms with Crippen molar-refractivity contribution in [3.05, 3.63) is 28.8 Å².